The second-order valence-corrected chi connectivity index (χ2v) is 11.9. The first-order valence-electron chi connectivity index (χ1n) is 11.5. The number of benzene rings is 1. The Kier molecular flexibility index (Phi) is 9.85. The van der Waals surface area contributed by atoms with E-state index in [0.29, 0.717) is 0 Å². The van der Waals surface area contributed by atoms with Crippen LogP contribution in [-0.4, -0.2) is 54.1 Å². The van der Waals surface area contributed by atoms with Gasteiger partial charge >= 0.3 is 19.4 Å². The van der Waals surface area contributed by atoms with E-state index in [-0.39, 0.29) is 30.7 Å². The number of aromatic nitrogens is 2. The number of methoxy groups -OCH3 is 1. The number of hydrogen-bond acceptors (Lipinski definition) is 10. The molecule has 15 heteroatoms. The number of carbonyl (C=O) groups excluding carboxylic acids is 2. The van der Waals surface area contributed by atoms with Crippen molar-refractivity contribution in [1.82, 2.24) is 14.6 Å². The number of ether oxygens (including phenoxy) is 3. The second kappa shape index (κ2) is 12.5. The van der Waals surface area contributed by atoms with Crippen LogP contribution in [0.3, 0.4) is 0 Å². The zero-order valence-electron chi connectivity index (χ0n) is 21.5. The second-order valence-electron chi connectivity index (χ2n) is 9.27. The van der Waals surface area contributed by atoms with Gasteiger partial charge in [0.05, 0.1) is 13.7 Å². The molecule has 2 N–H and O–H groups in total. The Hall–Kier alpha value is -2.61. The molecule has 0 aliphatic carbocycles. The van der Waals surface area contributed by atoms with Gasteiger partial charge in [-0.1, -0.05) is 36.7 Å². The molecule has 1 aromatic heterocycles. The quantitative estimate of drug-likeness (QED) is 0.298. The van der Waals surface area contributed by atoms with E-state index in [9.17, 15) is 18.9 Å². The third-order valence-corrected chi connectivity index (χ3v) is 7.30. The minimum absolute atomic E-state index is 0.0207. The van der Waals surface area contributed by atoms with E-state index < -0.39 is 43.4 Å². The molecule has 1 aliphatic rings. The molecule has 2 heterocycles. The van der Waals surface area contributed by atoms with E-state index >= 15 is 0 Å². The molecule has 13 nitrogen and oxygen atoms in total. The van der Waals surface area contributed by atoms with Gasteiger partial charge in [-0.2, -0.15) is 10.1 Å². The molecule has 2 aromatic rings. The SMILES string of the molecule is COC(=O)[C@H](C)NP(=O)(OC[C@H]1OC[C@@H](n2ccc(NC(=O)C(C)(C)C)nc2=O)O1)Oc1ccc(Br)cc1. The molecule has 1 aliphatic heterocycles. The molecule has 1 amide bonds. The van der Waals surface area contributed by atoms with Crippen molar-refractivity contribution >= 4 is 41.4 Å². The third-order valence-electron chi connectivity index (χ3n) is 5.12. The average molecular weight is 617 g/mol. The van der Waals surface area contributed by atoms with E-state index in [0.717, 1.165) is 4.47 Å². The van der Waals surface area contributed by atoms with Crippen molar-refractivity contribution in [3.63, 3.8) is 0 Å². The molecule has 1 aromatic carbocycles. The fraction of sp³-hybridized carbons (Fsp3) is 0.478. The van der Waals surface area contributed by atoms with Crippen molar-refractivity contribution in [3.05, 3.63) is 51.5 Å². The van der Waals surface area contributed by atoms with E-state index in [1.165, 1.54) is 30.9 Å². The van der Waals surface area contributed by atoms with Gasteiger partial charge in [0.2, 0.25) is 5.91 Å². The highest BCUT2D eigenvalue weighted by atomic mass is 79.9. The minimum Gasteiger partial charge on any atom is -0.468 e. The number of rotatable bonds is 10. The van der Waals surface area contributed by atoms with Crippen LogP contribution in [0.25, 0.3) is 0 Å². The maximum Gasteiger partial charge on any atom is 0.459 e. The molecule has 0 radical (unpaired) electrons. The van der Waals surface area contributed by atoms with Crippen molar-refractivity contribution in [2.24, 2.45) is 5.41 Å². The van der Waals surface area contributed by atoms with Crippen LogP contribution < -0.4 is 20.6 Å². The molecule has 0 spiro atoms. The molecule has 208 valence electrons. The third kappa shape index (κ3) is 8.19. The Morgan fingerprint density at radius 2 is 1.95 bits per heavy atom. The largest absolute Gasteiger partial charge is 0.468 e. The van der Waals surface area contributed by atoms with Gasteiger partial charge in [0.1, 0.15) is 24.2 Å². The van der Waals surface area contributed by atoms with Gasteiger partial charge in [-0.05, 0) is 37.3 Å². The van der Waals surface area contributed by atoms with Crippen LogP contribution in [0.2, 0.25) is 0 Å². The van der Waals surface area contributed by atoms with Gasteiger partial charge in [-0.25, -0.2) is 9.36 Å². The fourth-order valence-corrected chi connectivity index (χ4v) is 4.77. The first-order chi connectivity index (χ1) is 17.8. The lowest BCUT2D eigenvalue weighted by Gasteiger charge is -2.23. The molecule has 38 heavy (non-hydrogen) atoms. The van der Waals surface area contributed by atoms with Crippen LogP contribution in [0.15, 0.2) is 45.8 Å². The number of nitrogens with one attached hydrogen (secondary N) is 2. The molecular formula is C23H30BrN4O9P. The summed E-state index contributed by atoms with van der Waals surface area (Å²) in [6.07, 6.45) is -0.430. The smallest absolute Gasteiger partial charge is 0.459 e. The summed E-state index contributed by atoms with van der Waals surface area (Å²) < 4.78 is 42.5. The summed E-state index contributed by atoms with van der Waals surface area (Å²) in [7, 11) is -2.92. The Morgan fingerprint density at radius 3 is 2.55 bits per heavy atom. The number of carbonyl (C=O) groups is 2. The van der Waals surface area contributed by atoms with Crippen LogP contribution in [0, 0.1) is 5.41 Å². The lowest BCUT2D eigenvalue weighted by molar-refractivity contribution is -0.142. The first kappa shape index (κ1) is 29.9. The fourth-order valence-electron chi connectivity index (χ4n) is 3.03. The van der Waals surface area contributed by atoms with Crippen molar-refractivity contribution in [1.29, 1.82) is 0 Å². The number of esters is 1. The Labute approximate surface area is 227 Å². The number of hydrogen-bond donors (Lipinski definition) is 2. The topological polar surface area (TPSA) is 156 Å². The highest BCUT2D eigenvalue weighted by molar-refractivity contribution is 9.10. The molecule has 0 bridgehead atoms. The molecule has 1 saturated heterocycles. The molecule has 4 atom stereocenters. The minimum atomic E-state index is -4.11. The summed E-state index contributed by atoms with van der Waals surface area (Å²) >= 11 is 3.31. The van der Waals surface area contributed by atoms with Crippen LogP contribution in [0.5, 0.6) is 5.75 Å². The lowest BCUT2D eigenvalue weighted by Crippen LogP contribution is -2.35. The molecule has 1 fully saturated rings. The van der Waals surface area contributed by atoms with Crippen LogP contribution in [0.4, 0.5) is 5.82 Å². The van der Waals surface area contributed by atoms with Crippen molar-refractivity contribution < 1.29 is 37.4 Å². The molecule has 1 unspecified atom stereocenters. The monoisotopic (exact) mass is 616 g/mol. The first-order valence-corrected chi connectivity index (χ1v) is 13.9. The van der Waals surface area contributed by atoms with Gasteiger partial charge < -0.3 is 24.1 Å². The van der Waals surface area contributed by atoms with Crippen molar-refractivity contribution in [2.45, 2.75) is 46.3 Å². The molecule has 3 rings (SSSR count). The predicted molar refractivity (Wildman–Crippen MR) is 139 cm³/mol. The summed E-state index contributed by atoms with van der Waals surface area (Å²) in [6, 6.07) is 6.95. The summed E-state index contributed by atoms with van der Waals surface area (Å²) in [4.78, 5) is 40.4. The Morgan fingerprint density at radius 1 is 1.26 bits per heavy atom. The molecule has 0 saturated carbocycles. The molecular weight excluding hydrogens is 587 g/mol. The normalized spacial score (nSPS) is 19.8. The number of halogens is 1. The van der Waals surface area contributed by atoms with E-state index in [1.54, 1.807) is 45.0 Å². The average Bonchev–Trinajstić information content (AvgIpc) is 3.32. The summed E-state index contributed by atoms with van der Waals surface area (Å²) in [5.74, 6) is -0.620. The van der Waals surface area contributed by atoms with Crippen LogP contribution in [-0.2, 0) is 32.9 Å². The van der Waals surface area contributed by atoms with E-state index in [4.69, 9.17) is 18.5 Å². The highest BCUT2D eigenvalue weighted by Gasteiger charge is 2.36. The van der Waals surface area contributed by atoms with E-state index in [2.05, 4.69) is 36.1 Å². The van der Waals surface area contributed by atoms with Gasteiger partial charge in [-0.15, -0.1) is 0 Å². The summed E-state index contributed by atoms with van der Waals surface area (Å²) in [5.41, 5.74) is -1.32. The number of anilines is 1. The predicted octanol–water partition coefficient (Wildman–Crippen LogP) is 3.22. The van der Waals surface area contributed by atoms with Gasteiger partial charge in [0, 0.05) is 16.1 Å². The number of amides is 1. The summed E-state index contributed by atoms with van der Waals surface area (Å²) in [6.45, 7) is 6.29. The van der Waals surface area contributed by atoms with Crippen molar-refractivity contribution in [3.8, 4) is 5.75 Å². The summed E-state index contributed by atoms with van der Waals surface area (Å²) in [5, 5.41) is 5.12. The lowest BCUT2D eigenvalue weighted by atomic mass is 9.96. The Bertz CT molecular complexity index is 1250. The van der Waals surface area contributed by atoms with E-state index in [1.807, 2.05) is 0 Å². The van der Waals surface area contributed by atoms with Gasteiger partial charge in [0.15, 0.2) is 12.5 Å². The highest BCUT2D eigenvalue weighted by Crippen LogP contribution is 2.45. The van der Waals surface area contributed by atoms with Crippen molar-refractivity contribution in [2.75, 3.05) is 25.6 Å². The Balaban J connectivity index is 1.65. The zero-order chi connectivity index (χ0) is 28.1. The maximum atomic E-state index is 13.5. The van der Waals surface area contributed by atoms with Gasteiger partial charge in [-0.3, -0.25) is 18.7 Å². The number of nitrogens with zero attached hydrogens (tertiary/aromatic N) is 2. The zero-order valence-corrected chi connectivity index (χ0v) is 24.0. The van der Waals surface area contributed by atoms with Gasteiger partial charge in [0.25, 0.3) is 0 Å². The van der Waals surface area contributed by atoms with Crippen LogP contribution >= 0.6 is 23.7 Å². The van der Waals surface area contributed by atoms with Crippen LogP contribution in [0.1, 0.15) is 33.9 Å². The maximum absolute atomic E-state index is 13.5. The standard InChI is InChI=1S/C23H30BrN4O9P/c1-14(20(29)33-5)27-38(32,37-16-8-6-15(24)7-9-16)35-13-19-34-12-18(36-19)28-11-10-17(26-22(28)31)25-21(30)23(2,3)4/h6-11,14,18-19H,12-13H2,1-5H3,(H,27,32)(H,25,26,30,31)/t14-,18-,19-,38?/m0/s1.